The van der Waals surface area contributed by atoms with Crippen molar-refractivity contribution in [1.29, 1.82) is 0 Å². The average molecular weight is 494 g/mol. The molecule has 0 spiro atoms. The summed E-state index contributed by atoms with van der Waals surface area (Å²) in [5, 5.41) is 3.28. The van der Waals surface area contributed by atoms with E-state index in [1.807, 2.05) is 37.3 Å². The van der Waals surface area contributed by atoms with E-state index >= 15 is 0 Å². The number of hydrogen-bond acceptors (Lipinski definition) is 4. The van der Waals surface area contributed by atoms with Crippen LogP contribution in [0.25, 0.3) is 0 Å². The van der Waals surface area contributed by atoms with Crippen LogP contribution in [-0.4, -0.2) is 57.1 Å². The van der Waals surface area contributed by atoms with Crippen LogP contribution in [0.3, 0.4) is 0 Å². The first kappa shape index (κ1) is 26.7. The number of halogens is 1. The summed E-state index contributed by atoms with van der Waals surface area (Å²) in [7, 11) is -3.53. The van der Waals surface area contributed by atoms with E-state index in [1.54, 1.807) is 36.1 Å². The number of carbonyl (C=O) groups is 2. The van der Waals surface area contributed by atoms with Gasteiger partial charge in [0.05, 0.1) is 11.9 Å². The molecule has 0 aromatic heterocycles. The van der Waals surface area contributed by atoms with Crippen molar-refractivity contribution >= 4 is 39.1 Å². The molecule has 7 nitrogen and oxygen atoms in total. The number of nitrogens with zero attached hydrogens (tertiary/aromatic N) is 2. The highest BCUT2D eigenvalue weighted by molar-refractivity contribution is 7.92. The SMILES string of the molecule is CCNC(=O)C(C)N(CCc1ccccc1)C(=O)CCCN(c1ccc(Cl)cc1)S(C)(=O)=O. The van der Waals surface area contributed by atoms with Gasteiger partial charge in [0.1, 0.15) is 6.04 Å². The lowest BCUT2D eigenvalue weighted by molar-refractivity contribution is -0.139. The second-order valence-electron chi connectivity index (χ2n) is 7.81. The second kappa shape index (κ2) is 12.6. The van der Waals surface area contributed by atoms with Crippen LogP contribution >= 0.6 is 11.6 Å². The molecule has 1 atom stereocenters. The van der Waals surface area contributed by atoms with E-state index in [0.717, 1.165) is 11.8 Å². The third kappa shape index (κ3) is 8.37. The van der Waals surface area contributed by atoms with Crippen molar-refractivity contribution < 1.29 is 18.0 Å². The minimum atomic E-state index is -3.53. The van der Waals surface area contributed by atoms with E-state index in [4.69, 9.17) is 11.6 Å². The van der Waals surface area contributed by atoms with Crippen molar-refractivity contribution in [3.05, 3.63) is 65.2 Å². The molecule has 33 heavy (non-hydrogen) atoms. The van der Waals surface area contributed by atoms with Gasteiger partial charge in [0.2, 0.25) is 21.8 Å². The zero-order valence-electron chi connectivity index (χ0n) is 19.3. The fraction of sp³-hybridized carbons (Fsp3) is 0.417. The van der Waals surface area contributed by atoms with Crippen LogP contribution in [0.2, 0.25) is 5.02 Å². The first-order valence-electron chi connectivity index (χ1n) is 11.0. The average Bonchev–Trinajstić information content (AvgIpc) is 2.77. The van der Waals surface area contributed by atoms with Crippen LogP contribution in [0.5, 0.6) is 0 Å². The van der Waals surface area contributed by atoms with Gasteiger partial charge in [-0.15, -0.1) is 0 Å². The molecule has 0 radical (unpaired) electrons. The highest BCUT2D eigenvalue weighted by Gasteiger charge is 2.26. The molecule has 0 saturated heterocycles. The molecule has 0 aliphatic heterocycles. The Bertz CT molecular complexity index is 1010. The molecule has 0 heterocycles. The minimum absolute atomic E-state index is 0.123. The van der Waals surface area contributed by atoms with Crippen molar-refractivity contribution in [1.82, 2.24) is 10.2 Å². The molecule has 0 saturated carbocycles. The van der Waals surface area contributed by atoms with Crippen molar-refractivity contribution in [3.8, 4) is 0 Å². The molecule has 2 amide bonds. The summed E-state index contributed by atoms with van der Waals surface area (Å²) >= 11 is 5.91. The Balaban J connectivity index is 2.07. The van der Waals surface area contributed by atoms with Gasteiger partial charge in [0.25, 0.3) is 0 Å². The van der Waals surface area contributed by atoms with Gasteiger partial charge >= 0.3 is 0 Å². The van der Waals surface area contributed by atoms with Gasteiger partial charge in [-0.2, -0.15) is 0 Å². The third-order valence-corrected chi connectivity index (χ3v) is 6.72. The van der Waals surface area contributed by atoms with Gasteiger partial charge in [-0.25, -0.2) is 8.42 Å². The summed E-state index contributed by atoms with van der Waals surface area (Å²) in [6, 6.07) is 15.7. The summed E-state index contributed by atoms with van der Waals surface area (Å²) in [5.74, 6) is -0.396. The first-order valence-corrected chi connectivity index (χ1v) is 13.2. The van der Waals surface area contributed by atoms with Gasteiger partial charge in [0.15, 0.2) is 0 Å². The lowest BCUT2D eigenvalue weighted by Crippen LogP contribution is -2.48. The van der Waals surface area contributed by atoms with Crippen LogP contribution in [0.15, 0.2) is 54.6 Å². The molecule has 0 bridgehead atoms. The molecule has 180 valence electrons. The molecular weight excluding hydrogens is 462 g/mol. The molecule has 9 heteroatoms. The number of benzene rings is 2. The van der Waals surface area contributed by atoms with Crippen molar-refractivity contribution in [2.45, 2.75) is 39.2 Å². The standard InChI is InChI=1S/C24H32ClN3O4S/c1-4-26-24(30)19(2)27(18-16-20-9-6-5-7-10-20)23(29)11-8-17-28(33(3,31)32)22-14-12-21(25)13-15-22/h5-7,9-10,12-15,19H,4,8,11,16-18H2,1-3H3,(H,26,30). The second-order valence-corrected chi connectivity index (χ2v) is 10.2. The molecule has 0 fully saturated rings. The minimum Gasteiger partial charge on any atom is -0.355 e. The Morgan fingerprint density at radius 1 is 1.03 bits per heavy atom. The fourth-order valence-electron chi connectivity index (χ4n) is 3.50. The maximum absolute atomic E-state index is 13.1. The number of likely N-dealkylation sites (N-methyl/N-ethyl adjacent to an activating group) is 1. The largest absolute Gasteiger partial charge is 0.355 e. The molecule has 2 aromatic rings. The van der Waals surface area contributed by atoms with Crippen LogP contribution in [0, 0.1) is 0 Å². The number of nitrogens with one attached hydrogen (secondary N) is 1. The number of amides is 2. The summed E-state index contributed by atoms with van der Waals surface area (Å²) in [6.07, 6.45) is 2.19. The predicted molar refractivity (Wildman–Crippen MR) is 133 cm³/mol. The van der Waals surface area contributed by atoms with Crippen molar-refractivity contribution in [2.24, 2.45) is 0 Å². The molecule has 2 aromatic carbocycles. The molecule has 0 aliphatic carbocycles. The summed E-state index contributed by atoms with van der Waals surface area (Å²) in [5.41, 5.74) is 1.57. The highest BCUT2D eigenvalue weighted by atomic mass is 35.5. The third-order valence-electron chi connectivity index (χ3n) is 5.27. The number of sulfonamides is 1. The highest BCUT2D eigenvalue weighted by Crippen LogP contribution is 2.21. The number of hydrogen-bond donors (Lipinski definition) is 1. The summed E-state index contributed by atoms with van der Waals surface area (Å²) in [6.45, 7) is 4.57. The van der Waals surface area contributed by atoms with Gasteiger partial charge in [-0.05, 0) is 56.5 Å². The van der Waals surface area contributed by atoms with E-state index in [2.05, 4.69) is 5.32 Å². The number of rotatable bonds is 12. The Morgan fingerprint density at radius 3 is 2.24 bits per heavy atom. The van der Waals surface area contributed by atoms with E-state index in [0.29, 0.717) is 36.6 Å². The van der Waals surface area contributed by atoms with E-state index in [9.17, 15) is 18.0 Å². The van der Waals surface area contributed by atoms with E-state index in [-0.39, 0.29) is 24.8 Å². The van der Waals surface area contributed by atoms with Crippen LogP contribution in [0.4, 0.5) is 5.69 Å². The van der Waals surface area contributed by atoms with Crippen LogP contribution in [-0.2, 0) is 26.0 Å². The van der Waals surface area contributed by atoms with E-state index in [1.165, 1.54) is 4.31 Å². The quantitative estimate of drug-likeness (QED) is 0.490. The Kier molecular flexibility index (Phi) is 10.2. The lowest BCUT2D eigenvalue weighted by atomic mass is 10.1. The molecule has 1 unspecified atom stereocenters. The zero-order chi connectivity index (χ0) is 24.4. The van der Waals surface area contributed by atoms with Gasteiger partial charge in [-0.3, -0.25) is 13.9 Å². The van der Waals surface area contributed by atoms with Gasteiger partial charge in [0, 0.05) is 31.1 Å². The molecular formula is C24H32ClN3O4S. The maximum atomic E-state index is 13.1. The van der Waals surface area contributed by atoms with Crippen molar-refractivity contribution in [2.75, 3.05) is 30.2 Å². The van der Waals surface area contributed by atoms with Crippen LogP contribution < -0.4 is 9.62 Å². The zero-order valence-corrected chi connectivity index (χ0v) is 20.9. The number of carbonyl (C=O) groups excluding carboxylic acids is 2. The smallest absolute Gasteiger partial charge is 0.242 e. The first-order chi connectivity index (χ1) is 15.6. The van der Waals surface area contributed by atoms with Crippen molar-refractivity contribution in [3.63, 3.8) is 0 Å². The molecule has 0 aliphatic rings. The fourth-order valence-corrected chi connectivity index (χ4v) is 4.59. The Morgan fingerprint density at radius 2 is 1.67 bits per heavy atom. The Labute approximate surface area is 201 Å². The number of anilines is 1. The van der Waals surface area contributed by atoms with E-state index < -0.39 is 16.1 Å². The molecule has 2 rings (SSSR count). The summed E-state index contributed by atoms with van der Waals surface area (Å²) < 4.78 is 25.9. The normalized spacial score (nSPS) is 12.1. The summed E-state index contributed by atoms with van der Waals surface area (Å²) in [4.78, 5) is 27.1. The maximum Gasteiger partial charge on any atom is 0.242 e. The van der Waals surface area contributed by atoms with Gasteiger partial charge in [-0.1, -0.05) is 41.9 Å². The topological polar surface area (TPSA) is 86.8 Å². The molecule has 1 N–H and O–H groups in total. The Hall–Kier alpha value is -2.58. The van der Waals surface area contributed by atoms with Crippen LogP contribution in [0.1, 0.15) is 32.3 Å². The predicted octanol–water partition coefficient (Wildman–Crippen LogP) is 3.48. The lowest BCUT2D eigenvalue weighted by Gasteiger charge is -2.29. The monoisotopic (exact) mass is 493 g/mol. The van der Waals surface area contributed by atoms with Gasteiger partial charge < -0.3 is 10.2 Å².